The number of carbonyl (C=O) groups is 1. The molecule has 1 saturated heterocycles. The standard InChI is InChI=1S/C25H27N3O4S2/c1-4-15-28-23-21(32-5-2)7-6-8-22(23)33-25(28)26-24(29)19-9-11-20(12-10-19)34(30,31)27-16-13-18(3)14-17-27/h1,6-12,18H,5,13-17H2,2-3H3. The highest BCUT2D eigenvalue weighted by Crippen LogP contribution is 2.28. The van der Waals surface area contributed by atoms with Crippen molar-refractivity contribution in [2.24, 2.45) is 10.9 Å². The first-order chi connectivity index (χ1) is 16.3. The molecule has 3 aromatic rings. The van der Waals surface area contributed by atoms with Crippen LogP contribution in [0.1, 0.15) is 37.0 Å². The second-order valence-corrected chi connectivity index (χ2v) is 11.2. The van der Waals surface area contributed by atoms with Gasteiger partial charge in [-0.2, -0.15) is 9.30 Å². The molecule has 1 fully saturated rings. The summed E-state index contributed by atoms with van der Waals surface area (Å²) in [6, 6.07) is 11.6. The summed E-state index contributed by atoms with van der Waals surface area (Å²) < 4.78 is 35.9. The first kappa shape index (κ1) is 24.2. The summed E-state index contributed by atoms with van der Waals surface area (Å²) in [5, 5.41) is 0. The first-order valence-electron chi connectivity index (χ1n) is 11.2. The molecule has 0 aliphatic carbocycles. The number of sulfonamides is 1. The van der Waals surface area contributed by atoms with Crippen LogP contribution < -0.4 is 9.54 Å². The predicted octanol–water partition coefficient (Wildman–Crippen LogP) is 3.90. The van der Waals surface area contributed by atoms with E-state index in [0.717, 1.165) is 23.1 Å². The lowest BCUT2D eigenvalue weighted by Gasteiger charge is -2.29. The fraction of sp³-hybridized carbons (Fsp3) is 0.360. The van der Waals surface area contributed by atoms with E-state index in [1.54, 1.807) is 4.57 Å². The number of thiazole rings is 1. The van der Waals surface area contributed by atoms with Gasteiger partial charge in [-0.3, -0.25) is 4.79 Å². The highest BCUT2D eigenvalue weighted by Gasteiger charge is 2.28. The lowest BCUT2D eigenvalue weighted by Crippen LogP contribution is -2.37. The van der Waals surface area contributed by atoms with Crippen molar-refractivity contribution in [1.29, 1.82) is 0 Å². The van der Waals surface area contributed by atoms with Crippen LogP contribution in [0.3, 0.4) is 0 Å². The van der Waals surface area contributed by atoms with Crippen molar-refractivity contribution >= 4 is 37.5 Å². The van der Waals surface area contributed by atoms with Gasteiger partial charge in [0.1, 0.15) is 11.3 Å². The van der Waals surface area contributed by atoms with Crippen LogP contribution in [-0.4, -0.2) is 42.9 Å². The second-order valence-electron chi connectivity index (χ2n) is 8.24. The number of aromatic nitrogens is 1. The SMILES string of the molecule is C#CCn1c(=NC(=O)c2ccc(S(=O)(=O)N3CCC(C)CC3)cc2)sc2cccc(OCC)c21. The Balaban J connectivity index is 1.65. The Hall–Kier alpha value is -2.93. The van der Waals surface area contributed by atoms with Gasteiger partial charge in [0, 0.05) is 18.7 Å². The molecule has 4 rings (SSSR count). The molecular weight excluding hydrogens is 470 g/mol. The summed E-state index contributed by atoms with van der Waals surface area (Å²) in [5.74, 6) is 3.36. The molecule has 34 heavy (non-hydrogen) atoms. The highest BCUT2D eigenvalue weighted by atomic mass is 32.2. The average molecular weight is 498 g/mol. The Morgan fingerprint density at radius 3 is 2.56 bits per heavy atom. The molecule has 1 aromatic heterocycles. The zero-order chi connectivity index (χ0) is 24.3. The minimum atomic E-state index is -3.58. The van der Waals surface area contributed by atoms with Crippen molar-refractivity contribution in [3.8, 4) is 18.1 Å². The van der Waals surface area contributed by atoms with Crippen molar-refractivity contribution in [1.82, 2.24) is 8.87 Å². The molecule has 7 nitrogen and oxygen atoms in total. The van der Waals surface area contributed by atoms with Crippen LogP contribution in [0.5, 0.6) is 5.75 Å². The van der Waals surface area contributed by atoms with E-state index in [9.17, 15) is 13.2 Å². The van der Waals surface area contributed by atoms with Gasteiger partial charge < -0.3 is 9.30 Å². The number of terminal acetylenes is 1. The molecule has 0 saturated carbocycles. The lowest BCUT2D eigenvalue weighted by molar-refractivity contribution is 0.0997. The number of nitrogens with zero attached hydrogens (tertiary/aromatic N) is 3. The normalized spacial score (nSPS) is 16.0. The molecule has 2 aromatic carbocycles. The number of ether oxygens (including phenoxy) is 1. The molecule has 0 unspecified atom stereocenters. The molecule has 0 bridgehead atoms. The first-order valence-corrected chi connectivity index (χ1v) is 13.5. The van der Waals surface area contributed by atoms with Crippen molar-refractivity contribution < 1.29 is 17.9 Å². The zero-order valence-corrected chi connectivity index (χ0v) is 20.9. The number of hydrogen-bond acceptors (Lipinski definition) is 5. The third kappa shape index (κ3) is 4.80. The smallest absolute Gasteiger partial charge is 0.279 e. The minimum absolute atomic E-state index is 0.184. The van der Waals surface area contributed by atoms with Crippen LogP contribution in [0, 0.1) is 18.3 Å². The lowest BCUT2D eigenvalue weighted by atomic mass is 10.0. The Morgan fingerprint density at radius 2 is 1.91 bits per heavy atom. The molecular formula is C25H27N3O4S2. The maximum atomic E-state index is 13.0. The van der Waals surface area contributed by atoms with Crippen LogP contribution in [-0.2, 0) is 16.6 Å². The maximum absolute atomic E-state index is 13.0. The minimum Gasteiger partial charge on any atom is -0.492 e. The van der Waals surface area contributed by atoms with Crippen molar-refractivity contribution in [2.45, 2.75) is 38.1 Å². The number of piperidine rings is 1. The molecule has 1 amide bonds. The molecule has 2 heterocycles. The molecule has 0 radical (unpaired) electrons. The summed E-state index contributed by atoms with van der Waals surface area (Å²) in [5.41, 5.74) is 1.11. The highest BCUT2D eigenvalue weighted by molar-refractivity contribution is 7.89. The third-order valence-electron chi connectivity index (χ3n) is 5.89. The summed E-state index contributed by atoms with van der Waals surface area (Å²) in [7, 11) is -3.58. The maximum Gasteiger partial charge on any atom is 0.279 e. The van der Waals surface area contributed by atoms with Gasteiger partial charge in [-0.15, -0.1) is 6.42 Å². The van der Waals surface area contributed by atoms with E-state index in [2.05, 4.69) is 17.8 Å². The molecule has 1 aliphatic heterocycles. The van der Waals surface area contributed by atoms with Gasteiger partial charge in [-0.05, 0) is 62.1 Å². The van der Waals surface area contributed by atoms with E-state index < -0.39 is 15.9 Å². The van der Waals surface area contributed by atoms with Crippen LogP contribution in [0.15, 0.2) is 52.4 Å². The topological polar surface area (TPSA) is 81.0 Å². The van der Waals surface area contributed by atoms with E-state index in [-0.39, 0.29) is 11.4 Å². The van der Waals surface area contributed by atoms with E-state index >= 15 is 0 Å². The number of benzene rings is 2. The van der Waals surface area contributed by atoms with Crippen LogP contribution in [0.4, 0.5) is 0 Å². The Labute approximate surface area is 203 Å². The number of amides is 1. The summed E-state index contributed by atoms with van der Waals surface area (Å²) in [6.07, 6.45) is 7.28. The van der Waals surface area contributed by atoms with Crippen molar-refractivity contribution in [3.05, 3.63) is 52.8 Å². The molecule has 0 N–H and O–H groups in total. The Bertz CT molecular complexity index is 1410. The van der Waals surface area contributed by atoms with E-state index in [0.29, 0.717) is 41.7 Å². The number of fused-ring (bicyclic) bond motifs is 1. The fourth-order valence-corrected chi connectivity index (χ4v) is 6.50. The number of hydrogen-bond donors (Lipinski definition) is 0. The van der Waals surface area contributed by atoms with Crippen molar-refractivity contribution in [3.63, 3.8) is 0 Å². The zero-order valence-electron chi connectivity index (χ0n) is 19.2. The second kappa shape index (κ2) is 10.1. The van der Waals surface area contributed by atoms with Gasteiger partial charge in [0.15, 0.2) is 4.80 Å². The predicted molar refractivity (Wildman–Crippen MR) is 133 cm³/mol. The van der Waals surface area contributed by atoms with E-state index in [4.69, 9.17) is 11.2 Å². The number of rotatable bonds is 6. The van der Waals surface area contributed by atoms with Crippen molar-refractivity contribution in [2.75, 3.05) is 19.7 Å². The Morgan fingerprint density at radius 1 is 1.21 bits per heavy atom. The monoisotopic (exact) mass is 497 g/mol. The van der Waals surface area contributed by atoms with Gasteiger partial charge >= 0.3 is 0 Å². The summed E-state index contributed by atoms with van der Waals surface area (Å²) in [4.78, 5) is 17.9. The van der Waals surface area contributed by atoms with Gasteiger partial charge in [-0.25, -0.2) is 8.42 Å². The van der Waals surface area contributed by atoms with Crippen LogP contribution >= 0.6 is 11.3 Å². The average Bonchev–Trinajstić information content (AvgIpc) is 3.17. The van der Waals surface area contributed by atoms with Gasteiger partial charge in [-0.1, -0.05) is 30.2 Å². The molecule has 178 valence electrons. The van der Waals surface area contributed by atoms with E-state index in [1.807, 2.05) is 25.1 Å². The van der Waals surface area contributed by atoms with Crippen LogP contribution in [0.25, 0.3) is 10.2 Å². The molecule has 1 aliphatic rings. The van der Waals surface area contributed by atoms with Gasteiger partial charge in [0.25, 0.3) is 5.91 Å². The summed E-state index contributed by atoms with van der Waals surface area (Å²) in [6.45, 7) is 5.81. The molecule has 0 atom stereocenters. The van der Waals surface area contributed by atoms with E-state index in [1.165, 1.54) is 39.9 Å². The van der Waals surface area contributed by atoms with Crippen LogP contribution in [0.2, 0.25) is 0 Å². The van der Waals surface area contributed by atoms with Gasteiger partial charge in [0.2, 0.25) is 10.0 Å². The number of para-hydroxylation sites is 1. The molecule has 9 heteroatoms. The fourth-order valence-electron chi connectivity index (χ4n) is 3.99. The summed E-state index contributed by atoms with van der Waals surface area (Å²) >= 11 is 1.35. The third-order valence-corrected chi connectivity index (χ3v) is 8.85. The van der Waals surface area contributed by atoms with Gasteiger partial charge in [0.05, 0.1) is 22.7 Å². The number of carbonyl (C=O) groups excluding carboxylic acids is 1. The largest absolute Gasteiger partial charge is 0.492 e. The quantitative estimate of drug-likeness (QED) is 0.484. The molecule has 0 spiro atoms. The Kier molecular flexibility index (Phi) is 7.22.